The number of carbonyl (C=O) groups is 3. The van der Waals surface area contributed by atoms with Crippen LogP contribution >= 0.6 is 0 Å². The van der Waals surface area contributed by atoms with E-state index in [0.717, 1.165) is 5.57 Å². The number of rotatable bonds is 20. The zero-order valence-corrected chi connectivity index (χ0v) is 33.4. The summed E-state index contributed by atoms with van der Waals surface area (Å²) in [4.78, 5) is 40.9. The first-order valence-corrected chi connectivity index (χ1v) is 19.0. The number of carboxylic acid groups (broad SMARTS) is 1. The van der Waals surface area contributed by atoms with Gasteiger partial charge in [0.1, 0.15) is 25.0 Å². The fourth-order valence-corrected chi connectivity index (χ4v) is 7.20. The summed E-state index contributed by atoms with van der Waals surface area (Å²) in [7, 11) is 2.96. The molecule has 0 aliphatic carbocycles. The van der Waals surface area contributed by atoms with E-state index in [0.29, 0.717) is 25.7 Å². The Morgan fingerprint density at radius 2 is 1.77 bits per heavy atom. The van der Waals surface area contributed by atoms with Gasteiger partial charge in [-0.25, -0.2) is 4.79 Å². The van der Waals surface area contributed by atoms with E-state index in [1.54, 1.807) is 19.3 Å². The largest absolute Gasteiger partial charge is 0.480 e. The maximum atomic E-state index is 13.5. The lowest BCUT2D eigenvalue weighted by Crippen LogP contribution is -2.69. The number of nitrogens with zero attached hydrogens (tertiary/aromatic N) is 1. The molecule has 3 fully saturated rings. The normalized spacial score (nSPS) is 30.8. The summed E-state index contributed by atoms with van der Waals surface area (Å²) >= 11 is 0. The molecule has 11 atom stereocenters. The molecule has 56 heavy (non-hydrogen) atoms. The van der Waals surface area contributed by atoms with Crippen LogP contribution < -0.4 is 22.1 Å². The summed E-state index contributed by atoms with van der Waals surface area (Å²) in [6, 6.07) is -1.06. The van der Waals surface area contributed by atoms with E-state index in [4.69, 9.17) is 39.9 Å². The van der Waals surface area contributed by atoms with Gasteiger partial charge in [0.25, 0.3) is 5.91 Å². The molecule has 3 aliphatic rings. The van der Waals surface area contributed by atoms with Crippen molar-refractivity contribution in [2.75, 3.05) is 27.6 Å². The van der Waals surface area contributed by atoms with Gasteiger partial charge in [0.15, 0.2) is 18.3 Å². The Morgan fingerprint density at radius 3 is 2.41 bits per heavy atom. The Hall–Kier alpha value is -3.68. The predicted octanol–water partition coefficient (Wildman–Crippen LogP) is 1.53. The van der Waals surface area contributed by atoms with Crippen molar-refractivity contribution in [3.8, 4) is 0 Å². The molecule has 0 spiro atoms. The molecule has 3 saturated heterocycles. The Balaban J connectivity index is 1.51. The molecule has 3 aliphatic heterocycles. The summed E-state index contributed by atoms with van der Waals surface area (Å²) in [6.07, 6.45) is 6.58. The standard InChI is InChI=1S/C39H63N5O12/c1-23-21-39(52-7,56-25(3)24(23)2)32(47)34(48)44-35-31-30(53-22-54-35)33(51-6)38(4,5)28(55-31)20-26(45)16-13-11-9-8-10-12-14-18-29(46)43-27(36(49)50)17-15-19-42-37(40)41/h8-10,12,14,18,24-28,30-33,35,45,47H,1,11,13,15-17,19-22H2,2-7H3,(H,43,46)(H,44,48)(H,49,50)(H4,40,41,42)/b9-8+,12-10+,18-14+/t24-,25-,26-,27?,28-,30+,31+,32-,33-,35+,39-/m1/s1. The van der Waals surface area contributed by atoms with Gasteiger partial charge < -0.3 is 65.8 Å². The number of nitrogens with two attached hydrogens (primary N) is 2. The number of amides is 2. The summed E-state index contributed by atoms with van der Waals surface area (Å²) in [5.41, 5.74) is 10.7. The van der Waals surface area contributed by atoms with Gasteiger partial charge >= 0.3 is 5.97 Å². The molecule has 0 aromatic heterocycles. The minimum Gasteiger partial charge on any atom is -0.480 e. The van der Waals surface area contributed by atoms with Crippen molar-refractivity contribution in [3.63, 3.8) is 0 Å². The Morgan fingerprint density at radius 1 is 1.05 bits per heavy atom. The molecule has 1 unspecified atom stereocenters. The number of nitrogens with one attached hydrogen (secondary N) is 2. The number of unbranched alkanes of at least 4 members (excludes halogenated alkanes) is 1. The van der Waals surface area contributed by atoms with Gasteiger partial charge in [0.05, 0.1) is 24.4 Å². The van der Waals surface area contributed by atoms with Crippen LogP contribution in [0.5, 0.6) is 0 Å². The van der Waals surface area contributed by atoms with Gasteiger partial charge in [-0.05, 0) is 39.0 Å². The third-order valence-corrected chi connectivity index (χ3v) is 10.7. The van der Waals surface area contributed by atoms with Crippen molar-refractivity contribution in [3.05, 3.63) is 48.6 Å². The Kier molecular flexibility index (Phi) is 18.1. The smallest absolute Gasteiger partial charge is 0.326 e. The van der Waals surface area contributed by atoms with E-state index in [-0.39, 0.29) is 50.6 Å². The number of hydrogen-bond acceptors (Lipinski definition) is 12. The third-order valence-electron chi connectivity index (χ3n) is 10.7. The molecule has 0 aromatic rings. The Labute approximate surface area is 329 Å². The molecule has 0 radical (unpaired) electrons. The number of carbonyl (C=O) groups excluding carboxylic acids is 2. The lowest BCUT2D eigenvalue weighted by molar-refractivity contribution is -0.332. The van der Waals surface area contributed by atoms with Gasteiger partial charge in [-0.1, -0.05) is 63.3 Å². The van der Waals surface area contributed by atoms with Crippen LogP contribution in [-0.2, 0) is 42.8 Å². The van der Waals surface area contributed by atoms with Crippen LogP contribution in [0.15, 0.2) is 53.6 Å². The fraction of sp³-hybridized carbons (Fsp3) is 0.692. The SMILES string of the molecule is C=C1C[C@](OC)([C@H](O)C(=O)N[C@H]2OCO[C@H]3[C@@H]2O[C@H](C[C@H](O)CCC/C=C/C=C/C=C/C(=O)NC(CCCN=C(N)N)C(=O)O)C(C)(C)[C@@H]3OC)O[C@H](C)[C@@H]1C. The van der Waals surface area contributed by atoms with Crippen molar-refractivity contribution in [2.24, 2.45) is 27.8 Å². The molecule has 3 rings (SSSR count). The number of hydrogen-bond donors (Lipinski definition) is 7. The zero-order chi connectivity index (χ0) is 41.6. The Bertz CT molecular complexity index is 1450. The number of aliphatic hydroxyl groups excluding tert-OH is 2. The molecule has 17 nitrogen and oxygen atoms in total. The molecule has 2 amide bonds. The average Bonchev–Trinajstić information content (AvgIpc) is 3.14. The molecule has 0 bridgehead atoms. The second kappa shape index (κ2) is 21.7. The molecular weight excluding hydrogens is 730 g/mol. The summed E-state index contributed by atoms with van der Waals surface area (Å²) in [5, 5.41) is 36.9. The first kappa shape index (κ1) is 46.7. The van der Waals surface area contributed by atoms with E-state index in [1.165, 1.54) is 19.3 Å². The first-order chi connectivity index (χ1) is 26.5. The van der Waals surface area contributed by atoms with Crippen LogP contribution in [0.1, 0.15) is 72.6 Å². The molecule has 17 heteroatoms. The fourth-order valence-electron chi connectivity index (χ4n) is 7.20. The molecule has 316 valence electrons. The quantitative estimate of drug-likeness (QED) is 0.0231. The minimum absolute atomic E-state index is 0.0185. The highest BCUT2D eigenvalue weighted by atomic mass is 16.7. The van der Waals surface area contributed by atoms with E-state index >= 15 is 0 Å². The number of allylic oxidation sites excluding steroid dienone is 5. The van der Waals surface area contributed by atoms with Crippen LogP contribution in [0.3, 0.4) is 0 Å². The second-order valence-corrected chi connectivity index (χ2v) is 15.1. The monoisotopic (exact) mass is 793 g/mol. The van der Waals surface area contributed by atoms with E-state index in [9.17, 15) is 29.7 Å². The first-order valence-electron chi connectivity index (χ1n) is 19.0. The van der Waals surface area contributed by atoms with Crippen LogP contribution in [0.25, 0.3) is 0 Å². The molecular formula is C39H63N5O12. The highest BCUT2D eigenvalue weighted by Gasteiger charge is 2.57. The van der Waals surface area contributed by atoms with Gasteiger partial charge in [-0.2, -0.15) is 0 Å². The molecule has 9 N–H and O–H groups in total. The number of methoxy groups -OCH3 is 2. The van der Waals surface area contributed by atoms with Crippen molar-refractivity contribution in [1.82, 2.24) is 10.6 Å². The van der Waals surface area contributed by atoms with Crippen LogP contribution in [0.4, 0.5) is 0 Å². The van der Waals surface area contributed by atoms with Crippen LogP contribution in [0, 0.1) is 11.3 Å². The lowest BCUT2D eigenvalue weighted by Gasteiger charge is -2.54. The van der Waals surface area contributed by atoms with Gasteiger partial charge in [-0.3, -0.25) is 14.6 Å². The maximum absolute atomic E-state index is 13.5. The lowest BCUT2D eigenvalue weighted by atomic mass is 9.72. The number of aliphatic imine (C=N–C) groups is 1. The van der Waals surface area contributed by atoms with Gasteiger partial charge in [-0.15, -0.1) is 0 Å². The number of aliphatic carboxylic acids is 1. The zero-order valence-electron chi connectivity index (χ0n) is 33.4. The molecule has 3 heterocycles. The minimum atomic E-state index is -1.70. The van der Waals surface area contributed by atoms with Gasteiger partial charge in [0.2, 0.25) is 11.7 Å². The third kappa shape index (κ3) is 12.7. The van der Waals surface area contributed by atoms with E-state index < -0.39 is 77.9 Å². The number of aliphatic hydroxyl groups is 2. The van der Waals surface area contributed by atoms with Crippen LogP contribution in [-0.4, -0.2) is 127 Å². The number of ether oxygens (including phenoxy) is 6. The van der Waals surface area contributed by atoms with Crippen LogP contribution in [0.2, 0.25) is 0 Å². The number of fused-ring (bicyclic) bond motifs is 1. The van der Waals surface area contributed by atoms with E-state index in [2.05, 4.69) is 22.2 Å². The topological polar surface area (TPSA) is 256 Å². The summed E-state index contributed by atoms with van der Waals surface area (Å²) in [6.45, 7) is 12.0. The van der Waals surface area contributed by atoms with Crippen molar-refractivity contribution < 1.29 is 58.1 Å². The predicted molar refractivity (Wildman–Crippen MR) is 207 cm³/mol. The molecule has 0 saturated carbocycles. The molecule has 0 aromatic carbocycles. The van der Waals surface area contributed by atoms with Crippen molar-refractivity contribution in [1.29, 1.82) is 0 Å². The average molecular weight is 794 g/mol. The highest BCUT2D eigenvalue weighted by molar-refractivity contribution is 5.91. The maximum Gasteiger partial charge on any atom is 0.326 e. The number of carboxylic acids is 1. The highest BCUT2D eigenvalue weighted by Crippen LogP contribution is 2.44. The summed E-state index contributed by atoms with van der Waals surface area (Å²) < 4.78 is 35.9. The summed E-state index contributed by atoms with van der Waals surface area (Å²) in [5.74, 6) is -4.14. The van der Waals surface area contributed by atoms with Crippen molar-refractivity contribution >= 4 is 23.7 Å². The second-order valence-electron chi connectivity index (χ2n) is 15.1. The number of guanidine groups is 1. The van der Waals surface area contributed by atoms with Crippen molar-refractivity contribution in [2.45, 2.75) is 133 Å². The van der Waals surface area contributed by atoms with E-state index in [1.807, 2.05) is 39.8 Å². The van der Waals surface area contributed by atoms with Gasteiger partial charge in [0, 0.05) is 51.0 Å².